The molecule has 3 rings (SSSR count). The molecule has 0 saturated heterocycles. The molecular weight excluding hydrogens is 431 g/mol. The molecule has 0 radical (unpaired) electrons. The predicted octanol–water partition coefficient (Wildman–Crippen LogP) is 4.35. The lowest BCUT2D eigenvalue weighted by molar-refractivity contribution is -0.136. The molecule has 4 nitrogen and oxygen atoms in total. The summed E-state index contributed by atoms with van der Waals surface area (Å²) in [7, 11) is 0. The van der Waals surface area contributed by atoms with Crippen LogP contribution in [0.2, 0.25) is 5.02 Å². The summed E-state index contributed by atoms with van der Waals surface area (Å²) in [6, 6.07) is 12.6. The fraction of sp³-hybridized carbons (Fsp3) is 0.0588. The van der Waals surface area contributed by atoms with Gasteiger partial charge in [0.15, 0.2) is 0 Å². The predicted molar refractivity (Wildman–Crippen MR) is 97.0 cm³/mol. The van der Waals surface area contributed by atoms with E-state index in [-0.39, 0.29) is 5.56 Å². The lowest BCUT2D eigenvalue weighted by atomic mass is 9.95. The molecule has 2 aromatic carbocycles. The highest BCUT2D eigenvalue weighted by Gasteiger charge is 2.19. The van der Waals surface area contributed by atoms with Gasteiger partial charge in [-0.15, -0.1) is 0 Å². The van der Waals surface area contributed by atoms with E-state index in [9.17, 15) is 9.59 Å². The molecule has 1 heterocycles. The third kappa shape index (κ3) is 3.11. The van der Waals surface area contributed by atoms with Crippen LogP contribution in [-0.4, -0.2) is 11.1 Å². The van der Waals surface area contributed by atoms with E-state index in [1.54, 1.807) is 12.1 Å². The lowest BCUT2D eigenvalue weighted by Gasteiger charge is -2.11. The zero-order chi connectivity index (χ0) is 16.6. The molecule has 1 aromatic heterocycles. The van der Waals surface area contributed by atoms with Gasteiger partial charge in [0.1, 0.15) is 5.58 Å². The highest BCUT2D eigenvalue weighted by atomic mass is 127. The largest absolute Gasteiger partial charge is 0.481 e. The summed E-state index contributed by atoms with van der Waals surface area (Å²) in [5.74, 6) is -1.09. The maximum atomic E-state index is 12.3. The van der Waals surface area contributed by atoms with E-state index in [1.807, 2.05) is 30.3 Å². The SMILES string of the molecule is O=C(O)Cc1c(-c2ccccc2)c2cc(I)c(Cl)cc2oc1=O. The summed E-state index contributed by atoms with van der Waals surface area (Å²) >= 11 is 8.19. The first kappa shape index (κ1) is 16.0. The van der Waals surface area contributed by atoms with Gasteiger partial charge in [-0.3, -0.25) is 4.79 Å². The normalized spacial score (nSPS) is 10.9. The molecule has 116 valence electrons. The Morgan fingerprint density at radius 3 is 2.57 bits per heavy atom. The standard InChI is InChI=1S/C17H10ClIO4/c18-12-8-14-10(6-13(12)19)16(9-4-2-1-3-5-9)11(7-15(20)21)17(22)23-14/h1-6,8H,7H2,(H,20,21). The maximum Gasteiger partial charge on any atom is 0.340 e. The van der Waals surface area contributed by atoms with Crippen molar-refractivity contribution in [2.24, 2.45) is 0 Å². The molecule has 0 aliphatic carbocycles. The number of rotatable bonds is 3. The first-order valence-corrected chi connectivity index (χ1v) is 8.15. The molecule has 0 aliphatic heterocycles. The van der Waals surface area contributed by atoms with Crippen LogP contribution < -0.4 is 5.63 Å². The highest BCUT2D eigenvalue weighted by Crippen LogP contribution is 2.34. The van der Waals surface area contributed by atoms with E-state index < -0.39 is 18.0 Å². The van der Waals surface area contributed by atoms with Gasteiger partial charge in [-0.25, -0.2) is 4.79 Å². The number of hydrogen-bond donors (Lipinski definition) is 1. The van der Waals surface area contributed by atoms with Crippen LogP contribution in [0.3, 0.4) is 0 Å². The second-order valence-electron chi connectivity index (χ2n) is 4.94. The number of carboxylic acid groups (broad SMARTS) is 1. The Bertz CT molecular complexity index is 964. The van der Waals surface area contributed by atoms with Crippen LogP contribution in [0.15, 0.2) is 51.7 Å². The molecule has 0 aliphatic rings. The Kier molecular flexibility index (Phi) is 4.41. The van der Waals surface area contributed by atoms with Gasteiger partial charge < -0.3 is 9.52 Å². The summed E-state index contributed by atoms with van der Waals surface area (Å²) < 4.78 is 6.08. The van der Waals surface area contributed by atoms with Crippen LogP contribution in [-0.2, 0) is 11.2 Å². The minimum Gasteiger partial charge on any atom is -0.481 e. The number of carbonyl (C=O) groups is 1. The first-order chi connectivity index (χ1) is 11.0. The number of hydrogen-bond acceptors (Lipinski definition) is 3. The number of fused-ring (bicyclic) bond motifs is 1. The fourth-order valence-corrected chi connectivity index (χ4v) is 3.10. The van der Waals surface area contributed by atoms with Crippen molar-refractivity contribution in [3.63, 3.8) is 0 Å². The summed E-state index contributed by atoms with van der Waals surface area (Å²) in [6.07, 6.45) is -0.401. The van der Waals surface area contributed by atoms with Crippen molar-refractivity contribution in [1.82, 2.24) is 0 Å². The van der Waals surface area contributed by atoms with Crippen LogP contribution in [0.5, 0.6) is 0 Å². The van der Waals surface area contributed by atoms with E-state index >= 15 is 0 Å². The highest BCUT2D eigenvalue weighted by molar-refractivity contribution is 14.1. The van der Waals surface area contributed by atoms with Gasteiger partial charge in [0.05, 0.1) is 17.0 Å². The molecule has 0 saturated carbocycles. The maximum absolute atomic E-state index is 12.3. The van der Waals surface area contributed by atoms with Crippen LogP contribution >= 0.6 is 34.2 Å². The van der Waals surface area contributed by atoms with Gasteiger partial charge in [-0.1, -0.05) is 41.9 Å². The van der Waals surface area contributed by atoms with E-state index in [0.29, 0.717) is 21.6 Å². The number of halogens is 2. The quantitative estimate of drug-likeness (QED) is 0.486. The Balaban J connectivity index is 2.46. The van der Waals surface area contributed by atoms with Gasteiger partial charge in [0.25, 0.3) is 0 Å². The molecule has 0 atom stereocenters. The van der Waals surface area contributed by atoms with E-state index in [1.165, 1.54) is 0 Å². The molecule has 0 fully saturated rings. The van der Waals surface area contributed by atoms with E-state index in [0.717, 1.165) is 9.13 Å². The van der Waals surface area contributed by atoms with Crippen LogP contribution in [0, 0.1) is 3.57 Å². The second-order valence-corrected chi connectivity index (χ2v) is 6.51. The van der Waals surface area contributed by atoms with Crippen molar-refractivity contribution in [3.8, 4) is 11.1 Å². The molecule has 0 amide bonds. The van der Waals surface area contributed by atoms with Crippen molar-refractivity contribution in [3.05, 3.63) is 67.0 Å². The fourth-order valence-electron chi connectivity index (χ4n) is 2.48. The van der Waals surface area contributed by atoms with Crippen molar-refractivity contribution in [2.75, 3.05) is 0 Å². The molecule has 1 N–H and O–H groups in total. The molecule has 0 unspecified atom stereocenters. The lowest BCUT2D eigenvalue weighted by Crippen LogP contribution is -2.14. The number of benzene rings is 2. The Labute approximate surface area is 149 Å². The zero-order valence-electron chi connectivity index (χ0n) is 11.7. The van der Waals surface area contributed by atoms with E-state index in [2.05, 4.69) is 22.6 Å². The molecular formula is C17H10ClIO4. The van der Waals surface area contributed by atoms with Crippen LogP contribution in [0.1, 0.15) is 5.56 Å². The van der Waals surface area contributed by atoms with Gasteiger partial charge in [0.2, 0.25) is 0 Å². The first-order valence-electron chi connectivity index (χ1n) is 6.69. The van der Waals surface area contributed by atoms with Crippen molar-refractivity contribution in [2.45, 2.75) is 6.42 Å². The van der Waals surface area contributed by atoms with Crippen LogP contribution in [0.4, 0.5) is 0 Å². The average molecular weight is 441 g/mol. The summed E-state index contributed by atoms with van der Waals surface area (Å²) in [5.41, 5.74) is 1.16. The molecule has 0 spiro atoms. The minimum atomic E-state index is -1.09. The minimum absolute atomic E-state index is 0.134. The van der Waals surface area contributed by atoms with Gasteiger partial charge in [-0.05, 0) is 34.2 Å². The molecule has 23 heavy (non-hydrogen) atoms. The summed E-state index contributed by atoms with van der Waals surface area (Å²) in [6.45, 7) is 0. The third-order valence-electron chi connectivity index (χ3n) is 3.43. The summed E-state index contributed by atoms with van der Waals surface area (Å²) in [4.78, 5) is 23.4. The third-order valence-corrected chi connectivity index (χ3v) is 4.96. The average Bonchev–Trinajstić information content (AvgIpc) is 2.51. The van der Waals surface area contributed by atoms with Crippen molar-refractivity contribution < 1.29 is 14.3 Å². The molecule has 0 bridgehead atoms. The monoisotopic (exact) mass is 440 g/mol. The molecule has 6 heteroatoms. The van der Waals surface area contributed by atoms with Crippen molar-refractivity contribution in [1.29, 1.82) is 0 Å². The number of aliphatic carboxylic acids is 1. The van der Waals surface area contributed by atoms with Gasteiger partial charge in [-0.2, -0.15) is 0 Å². The van der Waals surface area contributed by atoms with Gasteiger partial charge >= 0.3 is 11.6 Å². The van der Waals surface area contributed by atoms with Gasteiger partial charge in [0, 0.05) is 20.6 Å². The molecule has 3 aromatic rings. The second kappa shape index (κ2) is 6.33. The Morgan fingerprint density at radius 2 is 1.91 bits per heavy atom. The summed E-state index contributed by atoms with van der Waals surface area (Å²) in [5, 5.41) is 10.3. The smallest absolute Gasteiger partial charge is 0.340 e. The topological polar surface area (TPSA) is 67.5 Å². The number of carboxylic acids is 1. The van der Waals surface area contributed by atoms with E-state index in [4.69, 9.17) is 21.1 Å². The van der Waals surface area contributed by atoms with Crippen molar-refractivity contribution >= 4 is 51.1 Å². The zero-order valence-corrected chi connectivity index (χ0v) is 14.6. The Morgan fingerprint density at radius 1 is 1.22 bits per heavy atom. The van der Waals surface area contributed by atoms with Crippen LogP contribution in [0.25, 0.3) is 22.1 Å². The Hall–Kier alpha value is -1.86.